The summed E-state index contributed by atoms with van der Waals surface area (Å²) in [6, 6.07) is 16.1. The molecule has 1 amide bonds. The SMILES string of the molecule is Cc1ccccc1-c1cc(N)c2cnc(NC(=O)[C@H]3C[C@H]3C#N)cc2c1. The van der Waals surface area contributed by atoms with Gasteiger partial charge in [0.25, 0.3) is 0 Å². The van der Waals surface area contributed by atoms with Crippen molar-refractivity contribution in [3.8, 4) is 17.2 Å². The molecule has 1 saturated carbocycles. The van der Waals surface area contributed by atoms with Crippen molar-refractivity contribution in [3.63, 3.8) is 0 Å². The molecule has 4 rings (SSSR count). The first-order chi connectivity index (χ1) is 12.6. The summed E-state index contributed by atoms with van der Waals surface area (Å²) in [5.74, 6) is -0.0570. The molecule has 2 aromatic carbocycles. The maximum Gasteiger partial charge on any atom is 0.230 e. The molecule has 0 aliphatic heterocycles. The average Bonchev–Trinajstić information content (AvgIpc) is 3.42. The van der Waals surface area contributed by atoms with Gasteiger partial charge in [0, 0.05) is 17.3 Å². The van der Waals surface area contributed by atoms with Gasteiger partial charge in [-0.05, 0) is 53.6 Å². The van der Waals surface area contributed by atoms with E-state index in [0.29, 0.717) is 17.9 Å². The van der Waals surface area contributed by atoms with Gasteiger partial charge in [0.05, 0.1) is 17.9 Å². The van der Waals surface area contributed by atoms with E-state index < -0.39 is 0 Å². The number of carbonyl (C=O) groups is 1. The van der Waals surface area contributed by atoms with E-state index in [0.717, 1.165) is 21.9 Å². The van der Waals surface area contributed by atoms with E-state index in [1.807, 2.05) is 24.3 Å². The summed E-state index contributed by atoms with van der Waals surface area (Å²) in [6.07, 6.45) is 2.30. The maximum absolute atomic E-state index is 12.2. The van der Waals surface area contributed by atoms with Gasteiger partial charge in [0.1, 0.15) is 5.82 Å². The van der Waals surface area contributed by atoms with Crippen LogP contribution >= 0.6 is 0 Å². The normalized spacial score (nSPS) is 18.3. The lowest BCUT2D eigenvalue weighted by Gasteiger charge is -2.11. The number of anilines is 2. The highest BCUT2D eigenvalue weighted by atomic mass is 16.2. The standard InChI is InChI=1S/C21H18N4O/c1-12-4-2-3-5-16(12)13-6-14-9-20(24-11-18(14)19(23)8-13)25-21(26)17-7-15(17)10-22/h2-6,8-9,11,15,17H,7,23H2,1H3,(H,24,25,26)/t15-,17-/m0/s1. The van der Waals surface area contributed by atoms with Crippen LogP contribution in [0.2, 0.25) is 0 Å². The van der Waals surface area contributed by atoms with Gasteiger partial charge in [-0.15, -0.1) is 0 Å². The van der Waals surface area contributed by atoms with Crippen LogP contribution in [0.15, 0.2) is 48.7 Å². The molecule has 128 valence electrons. The lowest BCUT2D eigenvalue weighted by molar-refractivity contribution is -0.117. The number of fused-ring (bicyclic) bond motifs is 1. The zero-order chi connectivity index (χ0) is 18.3. The van der Waals surface area contributed by atoms with Gasteiger partial charge in [0.2, 0.25) is 5.91 Å². The van der Waals surface area contributed by atoms with Gasteiger partial charge in [-0.2, -0.15) is 5.26 Å². The third-order valence-corrected chi connectivity index (χ3v) is 4.87. The van der Waals surface area contributed by atoms with Crippen molar-refractivity contribution >= 4 is 28.2 Å². The molecule has 0 saturated heterocycles. The Labute approximate surface area is 151 Å². The van der Waals surface area contributed by atoms with Gasteiger partial charge in [0.15, 0.2) is 0 Å². The molecule has 3 aromatic rings. The summed E-state index contributed by atoms with van der Waals surface area (Å²) in [6.45, 7) is 2.06. The number of nitriles is 1. The molecular formula is C21H18N4O. The van der Waals surface area contributed by atoms with Crippen LogP contribution in [0, 0.1) is 30.1 Å². The average molecular weight is 342 g/mol. The molecule has 26 heavy (non-hydrogen) atoms. The van der Waals surface area contributed by atoms with E-state index >= 15 is 0 Å². The number of nitrogens with one attached hydrogen (secondary N) is 1. The quantitative estimate of drug-likeness (QED) is 0.706. The molecule has 1 aliphatic carbocycles. The molecule has 0 spiro atoms. The highest BCUT2D eigenvalue weighted by molar-refractivity contribution is 6.00. The third-order valence-electron chi connectivity index (χ3n) is 4.87. The number of nitrogens with two attached hydrogens (primary N) is 1. The van der Waals surface area contributed by atoms with Crippen molar-refractivity contribution in [3.05, 3.63) is 54.2 Å². The van der Waals surface area contributed by atoms with Gasteiger partial charge in [-0.3, -0.25) is 4.79 Å². The van der Waals surface area contributed by atoms with E-state index in [2.05, 4.69) is 41.5 Å². The minimum absolute atomic E-state index is 0.147. The van der Waals surface area contributed by atoms with Gasteiger partial charge in [-0.1, -0.05) is 24.3 Å². The van der Waals surface area contributed by atoms with E-state index in [1.165, 1.54) is 5.56 Å². The number of amides is 1. The fourth-order valence-corrected chi connectivity index (χ4v) is 3.25. The van der Waals surface area contributed by atoms with Crippen LogP contribution in [0.25, 0.3) is 21.9 Å². The summed E-state index contributed by atoms with van der Waals surface area (Å²) in [5.41, 5.74) is 10.2. The topological polar surface area (TPSA) is 91.8 Å². The number of pyridine rings is 1. The number of nitrogen functional groups attached to an aromatic ring is 1. The maximum atomic E-state index is 12.2. The summed E-state index contributed by atoms with van der Waals surface area (Å²) >= 11 is 0. The van der Waals surface area contributed by atoms with E-state index in [-0.39, 0.29) is 17.7 Å². The zero-order valence-electron chi connectivity index (χ0n) is 14.4. The van der Waals surface area contributed by atoms with E-state index in [1.54, 1.807) is 6.20 Å². The lowest BCUT2D eigenvalue weighted by Crippen LogP contribution is -2.15. The van der Waals surface area contributed by atoms with Gasteiger partial charge in [-0.25, -0.2) is 4.98 Å². The summed E-state index contributed by atoms with van der Waals surface area (Å²) < 4.78 is 0. The predicted octanol–water partition coefficient (Wildman–Crippen LogP) is 3.89. The number of nitrogens with zero attached hydrogens (tertiary/aromatic N) is 2. The van der Waals surface area contributed by atoms with E-state index in [4.69, 9.17) is 11.0 Å². The Morgan fingerprint density at radius 1 is 1.31 bits per heavy atom. The van der Waals surface area contributed by atoms with Gasteiger partial charge < -0.3 is 11.1 Å². The Morgan fingerprint density at radius 2 is 2.12 bits per heavy atom. The summed E-state index contributed by atoms with van der Waals surface area (Å²) in [4.78, 5) is 16.4. The number of hydrogen-bond donors (Lipinski definition) is 2. The number of rotatable bonds is 3. The lowest BCUT2D eigenvalue weighted by atomic mass is 9.97. The highest BCUT2D eigenvalue weighted by Crippen LogP contribution is 2.38. The Bertz CT molecular complexity index is 1070. The third kappa shape index (κ3) is 2.86. The van der Waals surface area contributed by atoms with Crippen molar-refractivity contribution in [1.82, 2.24) is 4.98 Å². The van der Waals surface area contributed by atoms with Crippen LogP contribution in [-0.4, -0.2) is 10.9 Å². The number of benzene rings is 2. The minimum atomic E-state index is -0.221. The first kappa shape index (κ1) is 16.1. The highest BCUT2D eigenvalue weighted by Gasteiger charge is 2.43. The molecule has 1 aliphatic rings. The molecule has 5 heteroatoms. The molecule has 1 aromatic heterocycles. The number of aromatic nitrogens is 1. The van der Waals surface area contributed by atoms with Crippen LogP contribution in [0.4, 0.5) is 11.5 Å². The molecule has 2 atom stereocenters. The second-order valence-electron chi connectivity index (χ2n) is 6.74. The van der Waals surface area contributed by atoms with Crippen LogP contribution in [0.5, 0.6) is 0 Å². The summed E-state index contributed by atoms with van der Waals surface area (Å²) in [5, 5.41) is 13.4. The fourth-order valence-electron chi connectivity index (χ4n) is 3.25. The van der Waals surface area contributed by atoms with Crippen molar-refractivity contribution < 1.29 is 4.79 Å². The Kier molecular flexibility index (Phi) is 3.81. The van der Waals surface area contributed by atoms with Crippen LogP contribution in [0.3, 0.4) is 0 Å². The molecule has 0 unspecified atom stereocenters. The molecule has 3 N–H and O–H groups in total. The predicted molar refractivity (Wildman–Crippen MR) is 102 cm³/mol. The van der Waals surface area contributed by atoms with Crippen molar-refractivity contribution in [1.29, 1.82) is 5.26 Å². The number of aryl methyl sites for hydroxylation is 1. The second-order valence-corrected chi connectivity index (χ2v) is 6.74. The largest absolute Gasteiger partial charge is 0.398 e. The van der Waals surface area contributed by atoms with E-state index in [9.17, 15) is 4.79 Å². The number of carbonyl (C=O) groups excluding carboxylic acids is 1. The fraction of sp³-hybridized carbons (Fsp3) is 0.190. The first-order valence-corrected chi connectivity index (χ1v) is 8.52. The molecule has 1 heterocycles. The summed E-state index contributed by atoms with van der Waals surface area (Å²) in [7, 11) is 0. The minimum Gasteiger partial charge on any atom is -0.398 e. The second kappa shape index (κ2) is 6.16. The Morgan fingerprint density at radius 3 is 2.85 bits per heavy atom. The molecular weight excluding hydrogens is 324 g/mol. The molecule has 0 radical (unpaired) electrons. The van der Waals surface area contributed by atoms with Gasteiger partial charge >= 0.3 is 0 Å². The molecule has 0 bridgehead atoms. The molecule has 5 nitrogen and oxygen atoms in total. The van der Waals surface area contributed by atoms with Crippen molar-refractivity contribution in [2.45, 2.75) is 13.3 Å². The number of hydrogen-bond acceptors (Lipinski definition) is 4. The smallest absolute Gasteiger partial charge is 0.230 e. The Hall–Kier alpha value is -3.39. The Balaban J connectivity index is 1.70. The van der Waals surface area contributed by atoms with Crippen molar-refractivity contribution in [2.24, 2.45) is 11.8 Å². The van der Waals surface area contributed by atoms with Crippen LogP contribution in [-0.2, 0) is 4.79 Å². The van der Waals surface area contributed by atoms with Crippen molar-refractivity contribution in [2.75, 3.05) is 11.1 Å². The zero-order valence-corrected chi connectivity index (χ0v) is 14.4. The van der Waals surface area contributed by atoms with Crippen LogP contribution < -0.4 is 11.1 Å². The first-order valence-electron chi connectivity index (χ1n) is 8.52. The van der Waals surface area contributed by atoms with Crippen LogP contribution in [0.1, 0.15) is 12.0 Å². The monoisotopic (exact) mass is 342 g/mol. The molecule has 1 fully saturated rings.